The third-order valence-electron chi connectivity index (χ3n) is 5.80. The van der Waals surface area contributed by atoms with Crippen LogP contribution < -0.4 is 5.32 Å². The summed E-state index contributed by atoms with van der Waals surface area (Å²) >= 11 is 6.49. The summed E-state index contributed by atoms with van der Waals surface area (Å²) in [6.07, 6.45) is 3.78. The molecule has 0 bridgehead atoms. The lowest BCUT2D eigenvalue weighted by Gasteiger charge is -2.30. The first-order valence-electron chi connectivity index (χ1n) is 10.5. The normalized spacial score (nSPS) is 15.9. The first-order chi connectivity index (χ1) is 15.5. The average molecular weight is 452 g/mol. The number of H-pyrrole nitrogens is 1. The van der Waals surface area contributed by atoms with Crippen LogP contribution in [0.4, 0.5) is 5.82 Å². The summed E-state index contributed by atoms with van der Waals surface area (Å²) < 4.78 is 0. The predicted octanol–water partition coefficient (Wildman–Crippen LogP) is 3.32. The van der Waals surface area contributed by atoms with Gasteiger partial charge in [0.2, 0.25) is 0 Å². The minimum Gasteiger partial charge on any atom is -0.393 e. The van der Waals surface area contributed by atoms with Crippen molar-refractivity contribution in [2.75, 3.05) is 18.4 Å². The second-order valence-electron chi connectivity index (χ2n) is 7.95. The van der Waals surface area contributed by atoms with E-state index in [1.807, 2.05) is 25.1 Å². The molecule has 164 valence electrons. The molecule has 1 saturated heterocycles. The van der Waals surface area contributed by atoms with Gasteiger partial charge in [-0.15, -0.1) is 0 Å². The van der Waals surface area contributed by atoms with Crippen LogP contribution in [0.3, 0.4) is 0 Å². The van der Waals surface area contributed by atoms with Crippen molar-refractivity contribution in [3.05, 3.63) is 53.3 Å². The van der Waals surface area contributed by atoms with Gasteiger partial charge in [0.25, 0.3) is 5.91 Å². The van der Waals surface area contributed by atoms with Crippen LogP contribution in [0.1, 0.15) is 42.0 Å². The highest BCUT2D eigenvalue weighted by Gasteiger charge is 2.26. The van der Waals surface area contributed by atoms with E-state index in [0.29, 0.717) is 64.7 Å². The zero-order chi connectivity index (χ0) is 22.2. The standard InChI is InChI=1S/C22H22ClN7O2/c1-12(28-21-19-20(25-10-24-19)26-11-27-21)16-9-13-3-2-4-15(23)17(13)18(29-16)22(32)30-7-5-14(31)6-8-30/h2-4,9-12,14,31H,5-8H2,1H3,(H2,24,25,26,27,28)/t12-/m0/s1. The number of amides is 1. The summed E-state index contributed by atoms with van der Waals surface area (Å²) in [5.74, 6) is 0.399. The fourth-order valence-electron chi connectivity index (χ4n) is 4.03. The predicted molar refractivity (Wildman–Crippen MR) is 122 cm³/mol. The highest BCUT2D eigenvalue weighted by molar-refractivity contribution is 6.36. The SMILES string of the molecule is C[C@H](Nc1ncnc2[nH]cnc12)c1cc2cccc(Cl)c2c(C(=O)N2CCC(O)CC2)n1. The number of hydrogen-bond acceptors (Lipinski definition) is 7. The number of imidazole rings is 1. The molecule has 0 aliphatic carbocycles. The third-order valence-corrected chi connectivity index (χ3v) is 6.11. The summed E-state index contributed by atoms with van der Waals surface area (Å²) in [4.78, 5) is 35.6. The van der Waals surface area contributed by atoms with Gasteiger partial charge < -0.3 is 20.3 Å². The van der Waals surface area contributed by atoms with Crippen LogP contribution in [-0.4, -0.2) is 60.0 Å². The van der Waals surface area contributed by atoms with Crippen molar-refractivity contribution in [2.45, 2.75) is 31.9 Å². The first-order valence-corrected chi connectivity index (χ1v) is 10.9. The maximum Gasteiger partial charge on any atom is 0.273 e. The molecule has 0 radical (unpaired) electrons. The van der Waals surface area contributed by atoms with Gasteiger partial charge in [0, 0.05) is 18.5 Å². The Labute approximate surface area is 188 Å². The van der Waals surface area contributed by atoms with Crippen molar-refractivity contribution in [3.8, 4) is 0 Å². The summed E-state index contributed by atoms with van der Waals surface area (Å²) in [6, 6.07) is 7.21. The second-order valence-corrected chi connectivity index (χ2v) is 8.35. The number of nitrogens with zero attached hydrogens (tertiary/aromatic N) is 5. The molecular weight excluding hydrogens is 430 g/mol. The van der Waals surface area contributed by atoms with E-state index >= 15 is 0 Å². The van der Waals surface area contributed by atoms with E-state index in [-0.39, 0.29) is 18.1 Å². The van der Waals surface area contributed by atoms with Crippen LogP contribution in [-0.2, 0) is 0 Å². The topological polar surface area (TPSA) is 120 Å². The molecule has 32 heavy (non-hydrogen) atoms. The smallest absolute Gasteiger partial charge is 0.273 e. The minimum absolute atomic E-state index is 0.180. The Balaban J connectivity index is 1.54. The van der Waals surface area contributed by atoms with Gasteiger partial charge in [-0.2, -0.15) is 0 Å². The Morgan fingerprint density at radius 2 is 2.09 bits per heavy atom. The van der Waals surface area contributed by atoms with Gasteiger partial charge in [0.15, 0.2) is 11.5 Å². The fourth-order valence-corrected chi connectivity index (χ4v) is 4.30. The largest absolute Gasteiger partial charge is 0.393 e. The Bertz CT molecular complexity index is 1300. The molecule has 1 aromatic carbocycles. The second kappa shape index (κ2) is 8.33. The molecule has 4 aromatic rings. The molecule has 0 spiro atoms. The number of anilines is 1. The number of aliphatic hydroxyl groups is 1. The van der Waals surface area contributed by atoms with Crippen molar-refractivity contribution in [3.63, 3.8) is 0 Å². The van der Waals surface area contributed by atoms with Crippen LogP contribution in [0, 0.1) is 0 Å². The summed E-state index contributed by atoms with van der Waals surface area (Å²) in [6.45, 7) is 2.93. The Morgan fingerprint density at radius 3 is 2.91 bits per heavy atom. The Kier molecular flexibility index (Phi) is 5.36. The quantitative estimate of drug-likeness (QED) is 0.435. The van der Waals surface area contributed by atoms with E-state index in [4.69, 9.17) is 16.6 Å². The van der Waals surface area contributed by atoms with E-state index in [0.717, 1.165) is 5.39 Å². The third kappa shape index (κ3) is 3.74. The molecule has 9 nitrogen and oxygen atoms in total. The summed E-state index contributed by atoms with van der Waals surface area (Å²) in [5.41, 5.74) is 2.27. The molecule has 1 atom stereocenters. The molecule has 3 N–H and O–H groups in total. The number of hydrogen-bond donors (Lipinski definition) is 3. The lowest BCUT2D eigenvalue weighted by molar-refractivity contribution is 0.0543. The summed E-state index contributed by atoms with van der Waals surface area (Å²) in [7, 11) is 0. The molecule has 3 aromatic heterocycles. The van der Waals surface area contributed by atoms with E-state index in [9.17, 15) is 9.90 Å². The average Bonchev–Trinajstić information content (AvgIpc) is 3.28. The maximum absolute atomic E-state index is 13.4. The number of halogens is 1. The van der Waals surface area contributed by atoms with E-state index < -0.39 is 0 Å². The molecular formula is C22H22ClN7O2. The molecule has 1 aliphatic heterocycles. The number of fused-ring (bicyclic) bond motifs is 2. The van der Waals surface area contributed by atoms with Crippen LogP contribution >= 0.6 is 11.6 Å². The van der Waals surface area contributed by atoms with Crippen molar-refractivity contribution >= 4 is 45.3 Å². The number of nitrogens with one attached hydrogen (secondary N) is 2. The summed E-state index contributed by atoms with van der Waals surface area (Å²) in [5, 5.41) is 15.1. The van der Waals surface area contributed by atoms with Gasteiger partial charge in [0.1, 0.15) is 17.5 Å². The monoisotopic (exact) mass is 451 g/mol. The Hall–Kier alpha value is -3.30. The number of aromatic amines is 1. The number of carbonyl (C=O) groups is 1. The zero-order valence-corrected chi connectivity index (χ0v) is 18.2. The number of pyridine rings is 1. The molecule has 1 fully saturated rings. The van der Waals surface area contributed by atoms with Crippen molar-refractivity contribution in [1.82, 2.24) is 29.8 Å². The van der Waals surface area contributed by atoms with Crippen LogP contribution in [0.5, 0.6) is 0 Å². The molecule has 5 rings (SSSR count). The molecule has 0 saturated carbocycles. The van der Waals surface area contributed by atoms with Crippen molar-refractivity contribution < 1.29 is 9.90 Å². The molecule has 1 amide bonds. The number of piperidine rings is 1. The van der Waals surface area contributed by atoms with E-state index in [1.165, 1.54) is 6.33 Å². The van der Waals surface area contributed by atoms with Crippen molar-refractivity contribution in [1.29, 1.82) is 0 Å². The molecule has 0 unspecified atom stereocenters. The van der Waals surface area contributed by atoms with E-state index in [2.05, 4.69) is 25.3 Å². The highest BCUT2D eigenvalue weighted by atomic mass is 35.5. The lowest BCUT2D eigenvalue weighted by Crippen LogP contribution is -2.40. The van der Waals surface area contributed by atoms with Gasteiger partial charge in [-0.3, -0.25) is 4.79 Å². The van der Waals surface area contributed by atoms with Gasteiger partial charge in [-0.25, -0.2) is 19.9 Å². The van der Waals surface area contributed by atoms with Gasteiger partial charge >= 0.3 is 0 Å². The minimum atomic E-state index is -0.366. The van der Waals surface area contributed by atoms with Crippen LogP contribution in [0.2, 0.25) is 5.02 Å². The lowest BCUT2D eigenvalue weighted by atomic mass is 10.0. The number of benzene rings is 1. The molecule has 10 heteroatoms. The zero-order valence-electron chi connectivity index (χ0n) is 17.4. The van der Waals surface area contributed by atoms with E-state index in [1.54, 1.807) is 17.3 Å². The van der Waals surface area contributed by atoms with Crippen LogP contribution in [0.15, 0.2) is 36.9 Å². The number of likely N-dealkylation sites (tertiary alicyclic amines) is 1. The van der Waals surface area contributed by atoms with Gasteiger partial charge in [-0.05, 0) is 37.3 Å². The number of rotatable bonds is 4. The number of carbonyl (C=O) groups excluding carboxylic acids is 1. The van der Waals surface area contributed by atoms with Gasteiger partial charge in [0.05, 0.1) is 29.2 Å². The van der Waals surface area contributed by atoms with Crippen molar-refractivity contribution in [2.24, 2.45) is 0 Å². The van der Waals surface area contributed by atoms with Gasteiger partial charge in [-0.1, -0.05) is 23.7 Å². The highest BCUT2D eigenvalue weighted by Crippen LogP contribution is 2.31. The molecule has 1 aliphatic rings. The first kappa shape index (κ1) is 20.6. The maximum atomic E-state index is 13.4. The number of aliphatic hydroxyl groups excluding tert-OH is 1. The number of aromatic nitrogens is 5. The Morgan fingerprint density at radius 1 is 1.28 bits per heavy atom. The molecule has 4 heterocycles. The van der Waals surface area contributed by atoms with Crippen LogP contribution in [0.25, 0.3) is 21.9 Å². The fraction of sp³-hybridized carbons (Fsp3) is 0.318.